The highest BCUT2D eigenvalue weighted by Crippen LogP contribution is 2.32. The Morgan fingerprint density at radius 3 is 1.75 bits per heavy atom. The normalized spacial score (nSPS) is 11.6. The molecule has 0 spiro atoms. The Bertz CT molecular complexity index is 1760. The number of anilines is 6. The molecule has 0 aliphatic heterocycles. The molecular weight excluding hydrogens is 536 g/mol. The van der Waals surface area contributed by atoms with Crippen LogP contribution in [0.2, 0.25) is 0 Å². The van der Waals surface area contributed by atoms with Gasteiger partial charge in [0.25, 0.3) is 10.1 Å². The maximum absolute atomic E-state index is 12.6. The van der Waals surface area contributed by atoms with Crippen LogP contribution in [0, 0.1) is 0 Å². The molecule has 0 atom stereocenters. The predicted molar refractivity (Wildman–Crippen MR) is 154 cm³/mol. The zero-order valence-electron chi connectivity index (χ0n) is 20.7. The zero-order chi connectivity index (χ0) is 28.9. The third-order valence-corrected chi connectivity index (χ3v) is 6.15. The molecule has 0 fully saturated rings. The first kappa shape index (κ1) is 27.5. The summed E-state index contributed by atoms with van der Waals surface area (Å²) in [5.41, 5.74) is 25.9. The Morgan fingerprint density at radius 2 is 1.20 bits per heavy atom. The van der Waals surface area contributed by atoms with Gasteiger partial charge in [-0.3, -0.25) is 4.55 Å². The summed E-state index contributed by atoms with van der Waals surface area (Å²) in [5, 5.41) is 21.6. The fourth-order valence-electron chi connectivity index (χ4n) is 3.39. The molecule has 4 aromatic rings. The molecule has 0 saturated carbocycles. The van der Waals surface area contributed by atoms with Gasteiger partial charge in [0, 0.05) is 17.1 Å². The lowest BCUT2D eigenvalue weighted by molar-refractivity contribution is 0.262. The second-order valence-electron chi connectivity index (χ2n) is 8.32. The molecule has 204 valence electrons. The Kier molecular flexibility index (Phi) is 7.88. The number of carbonyl (C=O) groups is 1. The third kappa shape index (κ3) is 7.06. The number of nitrogens with zero attached hydrogens (tertiary/aromatic N) is 4. The third-order valence-electron chi connectivity index (χ3n) is 5.24. The van der Waals surface area contributed by atoms with Gasteiger partial charge in [-0.15, -0.1) is 10.2 Å². The molecule has 0 bridgehead atoms. The molecular formula is C25H24N10O4S. The molecule has 0 aliphatic rings. The first-order chi connectivity index (χ1) is 19.0. The maximum Gasteiger partial charge on any atom is 0.323 e. The van der Waals surface area contributed by atoms with Crippen LogP contribution < -0.4 is 33.6 Å². The first-order valence-electron chi connectivity index (χ1n) is 11.4. The predicted octanol–water partition coefficient (Wildman–Crippen LogP) is 5.74. The summed E-state index contributed by atoms with van der Waals surface area (Å²) >= 11 is 0. The lowest BCUT2D eigenvalue weighted by atomic mass is 10.2. The van der Waals surface area contributed by atoms with Crippen molar-refractivity contribution in [2.75, 3.05) is 33.6 Å². The lowest BCUT2D eigenvalue weighted by Crippen LogP contribution is -2.19. The SMILES string of the molecule is Nc1ccc(N=Nc2cccc(NC(=O)Nc3cccc(N=Nc4cc(S(=O)(=O)O)c(N)cc4N)c3)c2)c(N)c1. The average Bonchev–Trinajstić information content (AvgIpc) is 2.87. The smallest absolute Gasteiger partial charge is 0.323 e. The molecule has 2 amide bonds. The second-order valence-corrected chi connectivity index (χ2v) is 9.71. The number of amides is 2. The molecule has 4 rings (SSSR count). The van der Waals surface area contributed by atoms with Gasteiger partial charge < -0.3 is 33.6 Å². The average molecular weight is 561 g/mol. The monoisotopic (exact) mass is 560 g/mol. The molecule has 0 heterocycles. The standard InChI is InChI=1S/C25H24N10O4S/c26-14-7-8-22(19(27)9-14)34-32-17-5-1-3-15(10-17)30-25(36)31-16-4-2-6-18(11-16)33-35-23-13-24(40(37,38)39)21(29)12-20(23)28/h1-13H,26-29H2,(H2,30,31,36)(H,37,38,39). The summed E-state index contributed by atoms with van der Waals surface area (Å²) < 4.78 is 32.3. The Morgan fingerprint density at radius 1 is 0.650 bits per heavy atom. The summed E-state index contributed by atoms with van der Waals surface area (Å²) in [7, 11) is -4.58. The van der Waals surface area contributed by atoms with Gasteiger partial charge in [-0.1, -0.05) is 12.1 Å². The van der Waals surface area contributed by atoms with Crippen LogP contribution in [0.5, 0.6) is 0 Å². The van der Waals surface area contributed by atoms with Gasteiger partial charge in [-0.05, 0) is 66.7 Å². The van der Waals surface area contributed by atoms with Crippen molar-refractivity contribution in [3.8, 4) is 0 Å². The van der Waals surface area contributed by atoms with E-state index in [0.29, 0.717) is 39.8 Å². The van der Waals surface area contributed by atoms with Crippen LogP contribution in [-0.2, 0) is 10.1 Å². The Labute approximate surface area is 228 Å². The van der Waals surface area contributed by atoms with Gasteiger partial charge in [0.2, 0.25) is 0 Å². The van der Waals surface area contributed by atoms with E-state index < -0.39 is 21.0 Å². The van der Waals surface area contributed by atoms with Crippen LogP contribution in [0.15, 0.2) is 104 Å². The molecule has 0 saturated heterocycles. The van der Waals surface area contributed by atoms with E-state index in [4.69, 9.17) is 22.9 Å². The van der Waals surface area contributed by atoms with E-state index in [1.54, 1.807) is 60.7 Å². The van der Waals surface area contributed by atoms with Gasteiger partial charge in [-0.2, -0.15) is 18.6 Å². The fraction of sp³-hybridized carbons (Fsp3) is 0. The highest BCUT2D eigenvalue weighted by molar-refractivity contribution is 7.86. The largest absolute Gasteiger partial charge is 0.399 e. The molecule has 14 nitrogen and oxygen atoms in total. The molecule has 0 radical (unpaired) electrons. The van der Waals surface area contributed by atoms with Gasteiger partial charge in [0.05, 0.1) is 28.4 Å². The summed E-state index contributed by atoms with van der Waals surface area (Å²) in [6.07, 6.45) is 0. The van der Waals surface area contributed by atoms with Crippen molar-refractivity contribution in [3.63, 3.8) is 0 Å². The number of urea groups is 1. The Hall–Kier alpha value is -5.54. The summed E-state index contributed by atoms with van der Waals surface area (Å²) in [6, 6.07) is 19.6. The van der Waals surface area contributed by atoms with E-state index >= 15 is 0 Å². The van der Waals surface area contributed by atoms with E-state index in [2.05, 4.69) is 31.1 Å². The number of nitrogens with two attached hydrogens (primary N) is 4. The van der Waals surface area contributed by atoms with E-state index in [-0.39, 0.29) is 17.1 Å². The van der Waals surface area contributed by atoms with Crippen LogP contribution in [0.4, 0.5) is 61.7 Å². The maximum atomic E-state index is 12.6. The number of hydrogen-bond acceptors (Lipinski definition) is 11. The van der Waals surface area contributed by atoms with E-state index in [1.165, 1.54) is 6.07 Å². The minimum atomic E-state index is -4.58. The van der Waals surface area contributed by atoms with Crippen molar-refractivity contribution in [1.29, 1.82) is 0 Å². The van der Waals surface area contributed by atoms with Crippen LogP contribution in [-0.4, -0.2) is 19.0 Å². The summed E-state index contributed by atoms with van der Waals surface area (Å²) in [4.78, 5) is 12.0. The van der Waals surface area contributed by atoms with Gasteiger partial charge in [0.15, 0.2) is 0 Å². The molecule has 4 aromatic carbocycles. The quantitative estimate of drug-likeness (QED) is 0.0831. The number of hydrogen-bond donors (Lipinski definition) is 7. The van der Waals surface area contributed by atoms with E-state index in [9.17, 15) is 17.8 Å². The molecule has 0 unspecified atom stereocenters. The van der Waals surface area contributed by atoms with Gasteiger partial charge in [-0.25, -0.2) is 4.79 Å². The Balaban J connectivity index is 1.43. The number of benzene rings is 4. The van der Waals surface area contributed by atoms with E-state index in [0.717, 1.165) is 12.1 Å². The minimum Gasteiger partial charge on any atom is -0.399 e. The topological polar surface area (TPSA) is 249 Å². The molecule has 40 heavy (non-hydrogen) atoms. The number of nitrogens with one attached hydrogen (secondary N) is 2. The van der Waals surface area contributed by atoms with Crippen LogP contribution in [0.1, 0.15) is 0 Å². The van der Waals surface area contributed by atoms with Crippen molar-refractivity contribution >= 4 is 73.0 Å². The van der Waals surface area contributed by atoms with Gasteiger partial charge in [0.1, 0.15) is 16.3 Å². The summed E-state index contributed by atoms with van der Waals surface area (Å²) in [6.45, 7) is 0. The highest BCUT2D eigenvalue weighted by Gasteiger charge is 2.16. The van der Waals surface area contributed by atoms with E-state index in [1.807, 2.05) is 0 Å². The van der Waals surface area contributed by atoms with Crippen LogP contribution in [0.3, 0.4) is 0 Å². The number of rotatable bonds is 7. The number of nitrogen functional groups attached to an aromatic ring is 4. The lowest BCUT2D eigenvalue weighted by Gasteiger charge is -2.08. The minimum absolute atomic E-state index is 0.0194. The van der Waals surface area contributed by atoms with Crippen molar-refractivity contribution in [2.24, 2.45) is 20.5 Å². The van der Waals surface area contributed by atoms with Crippen molar-refractivity contribution in [3.05, 3.63) is 78.9 Å². The van der Waals surface area contributed by atoms with Crippen LogP contribution >= 0.6 is 0 Å². The zero-order valence-corrected chi connectivity index (χ0v) is 21.5. The highest BCUT2D eigenvalue weighted by atomic mass is 32.2. The first-order valence-corrected chi connectivity index (χ1v) is 12.8. The molecule has 15 heteroatoms. The molecule has 0 aromatic heterocycles. The van der Waals surface area contributed by atoms with Crippen molar-refractivity contribution in [1.82, 2.24) is 0 Å². The summed E-state index contributed by atoms with van der Waals surface area (Å²) in [5.74, 6) is 0. The number of carbonyl (C=O) groups excluding carboxylic acids is 1. The van der Waals surface area contributed by atoms with Crippen LogP contribution in [0.25, 0.3) is 0 Å². The van der Waals surface area contributed by atoms with Crippen molar-refractivity contribution in [2.45, 2.75) is 4.90 Å². The molecule has 0 aliphatic carbocycles. The van der Waals surface area contributed by atoms with Crippen molar-refractivity contribution < 1.29 is 17.8 Å². The second kappa shape index (κ2) is 11.5. The molecule has 11 N–H and O–H groups in total. The van der Waals surface area contributed by atoms with Gasteiger partial charge >= 0.3 is 6.03 Å². The fourth-order valence-corrected chi connectivity index (χ4v) is 4.00. The number of azo groups is 2.